The van der Waals surface area contributed by atoms with Crippen LogP contribution in [0.25, 0.3) is 0 Å². The number of sulfonamides is 1. The molecular weight excluding hydrogens is 438 g/mol. The lowest BCUT2D eigenvalue weighted by molar-refractivity contribution is 0.0981. The number of rotatable bonds is 8. The number of hydrogen-bond acceptors (Lipinski definition) is 7. The molecule has 3 heterocycles. The van der Waals surface area contributed by atoms with Crippen LogP contribution in [0.4, 0.5) is 11.6 Å². The molecule has 0 spiro atoms. The van der Waals surface area contributed by atoms with Gasteiger partial charge in [-0.15, -0.1) is 0 Å². The van der Waals surface area contributed by atoms with Crippen LogP contribution in [-0.2, 0) is 10.0 Å². The smallest absolute Gasteiger partial charge is 0.281 e. The van der Waals surface area contributed by atoms with E-state index in [2.05, 4.69) is 54.2 Å². The van der Waals surface area contributed by atoms with Gasteiger partial charge in [-0.2, -0.15) is 8.42 Å². The summed E-state index contributed by atoms with van der Waals surface area (Å²) >= 11 is 0. The van der Waals surface area contributed by atoms with E-state index < -0.39 is 15.9 Å². The first kappa shape index (κ1) is 25.0. The summed E-state index contributed by atoms with van der Waals surface area (Å²) in [4.78, 5) is 25.8. The zero-order valence-electron chi connectivity index (χ0n) is 20.4. The number of hydrogen-bond donors (Lipinski definition) is 1. The van der Waals surface area contributed by atoms with Crippen molar-refractivity contribution in [1.82, 2.24) is 14.7 Å². The number of aromatic nitrogens is 2. The van der Waals surface area contributed by atoms with Crippen molar-refractivity contribution in [3.63, 3.8) is 0 Å². The molecule has 1 aliphatic rings. The summed E-state index contributed by atoms with van der Waals surface area (Å²) in [6.07, 6.45) is 3.56. The Labute approximate surface area is 197 Å². The van der Waals surface area contributed by atoms with Gasteiger partial charge in [-0.25, -0.2) is 14.7 Å². The maximum atomic E-state index is 13.1. The third-order valence-corrected chi connectivity index (χ3v) is 7.85. The molecule has 2 aromatic heterocycles. The Balaban J connectivity index is 1.84. The van der Waals surface area contributed by atoms with Crippen molar-refractivity contribution in [2.24, 2.45) is 11.8 Å². The second kappa shape index (κ2) is 9.67. The van der Waals surface area contributed by atoms with E-state index in [1.807, 2.05) is 11.9 Å². The Kier molecular flexibility index (Phi) is 7.31. The lowest BCUT2D eigenvalue weighted by Gasteiger charge is -2.36. The molecule has 1 N–H and O–H groups in total. The quantitative estimate of drug-likeness (QED) is 0.624. The molecule has 180 valence electrons. The maximum absolute atomic E-state index is 13.1. The molecule has 8 nitrogen and oxygen atoms in total. The van der Waals surface area contributed by atoms with Crippen molar-refractivity contribution in [2.75, 3.05) is 29.9 Å². The molecule has 0 aliphatic carbocycles. The van der Waals surface area contributed by atoms with Gasteiger partial charge in [0, 0.05) is 31.9 Å². The Morgan fingerprint density at radius 2 is 2.00 bits per heavy atom. The van der Waals surface area contributed by atoms with Crippen LogP contribution < -0.4 is 14.5 Å². The number of carbonyl (C=O) groups excluding carboxylic acids is 1. The van der Waals surface area contributed by atoms with E-state index in [0.717, 1.165) is 25.9 Å². The van der Waals surface area contributed by atoms with E-state index in [4.69, 9.17) is 0 Å². The topological polar surface area (TPSA) is 95.5 Å². The minimum atomic E-state index is -4.16. The van der Waals surface area contributed by atoms with Crippen molar-refractivity contribution in [3.05, 3.63) is 42.1 Å². The number of carbonyl (C=O) groups is 1. The van der Waals surface area contributed by atoms with Gasteiger partial charge in [0.25, 0.3) is 15.9 Å². The summed E-state index contributed by atoms with van der Waals surface area (Å²) < 4.78 is 28.2. The first-order valence-corrected chi connectivity index (χ1v) is 12.9. The molecule has 1 saturated heterocycles. The highest BCUT2D eigenvalue weighted by Crippen LogP contribution is 2.38. The average molecular weight is 474 g/mol. The highest BCUT2D eigenvalue weighted by Gasteiger charge is 2.40. The molecule has 33 heavy (non-hydrogen) atoms. The average Bonchev–Trinajstić information content (AvgIpc) is 3.04. The van der Waals surface area contributed by atoms with Gasteiger partial charge in [0.1, 0.15) is 11.6 Å². The molecule has 1 amide bonds. The predicted octanol–water partition coefficient (Wildman–Crippen LogP) is 3.70. The summed E-state index contributed by atoms with van der Waals surface area (Å²) in [5.41, 5.74) is 0.0343. The number of amides is 1. The lowest BCUT2D eigenvalue weighted by Crippen LogP contribution is -2.43. The Bertz CT molecular complexity index is 1100. The van der Waals surface area contributed by atoms with E-state index in [9.17, 15) is 13.2 Å². The standard InChI is InChI=1S/C24H35N5O3S/c1-17(2)12-15-28(6)20-10-7-11-21(26-20)33(31,32)27-23(30)19-9-8-14-25-22(19)29-16-13-18(3)24(29,4)5/h7-11,14,17-18H,12-13,15-16H2,1-6H3,(H,27,30). The summed E-state index contributed by atoms with van der Waals surface area (Å²) in [6, 6.07) is 8.04. The molecule has 0 radical (unpaired) electrons. The van der Waals surface area contributed by atoms with Crippen molar-refractivity contribution in [3.8, 4) is 0 Å². The first-order valence-electron chi connectivity index (χ1n) is 11.4. The fourth-order valence-electron chi connectivity index (χ4n) is 3.96. The van der Waals surface area contributed by atoms with Crippen molar-refractivity contribution >= 4 is 27.6 Å². The molecule has 1 unspecified atom stereocenters. The number of anilines is 2. The first-order chi connectivity index (χ1) is 15.4. The number of pyridine rings is 2. The highest BCUT2D eigenvalue weighted by atomic mass is 32.2. The Hall–Kier alpha value is -2.68. The normalized spacial score (nSPS) is 17.9. The zero-order valence-corrected chi connectivity index (χ0v) is 21.2. The van der Waals surface area contributed by atoms with Crippen LogP contribution in [0.3, 0.4) is 0 Å². The van der Waals surface area contributed by atoms with Crippen LogP contribution in [0, 0.1) is 11.8 Å². The molecule has 9 heteroatoms. The van der Waals surface area contributed by atoms with Gasteiger partial charge < -0.3 is 9.80 Å². The summed E-state index contributed by atoms with van der Waals surface area (Å²) in [6.45, 7) is 12.2. The van der Waals surface area contributed by atoms with E-state index in [-0.39, 0.29) is 16.1 Å². The van der Waals surface area contributed by atoms with E-state index in [1.54, 1.807) is 30.5 Å². The second-order valence-corrected chi connectivity index (χ2v) is 11.4. The third kappa shape index (κ3) is 5.46. The van der Waals surface area contributed by atoms with Crippen LogP contribution in [0.1, 0.15) is 57.8 Å². The monoisotopic (exact) mass is 473 g/mol. The Morgan fingerprint density at radius 1 is 1.27 bits per heavy atom. The minimum absolute atomic E-state index is 0.190. The molecular formula is C24H35N5O3S. The summed E-state index contributed by atoms with van der Waals surface area (Å²) in [5, 5.41) is -0.190. The number of nitrogens with zero attached hydrogens (tertiary/aromatic N) is 4. The molecule has 2 aromatic rings. The molecule has 1 fully saturated rings. The highest BCUT2D eigenvalue weighted by molar-refractivity contribution is 7.90. The third-order valence-electron chi connectivity index (χ3n) is 6.62. The molecule has 1 atom stereocenters. The van der Waals surface area contributed by atoms with Crippen molar-refractivity contribution < 1.29 is 13.2 Å². The van der Waals surface area contributed by atoms with E-state index in [0.29, 0.717) is 23.5 Å². The minimum Gasteiger partial charge on any atom is -0.360 e. The SMILES string of the molecule is CC(C)CCN(C)c1cccc(S(=O)(=O)NC(=O)c2cccnc2N2CCC(C)C2(C)C)n1. The fourth-order valence-corrected chi connectivity index (χ4v) is 4.89. The largest absolute Gasteiger partial charge is 0.360 e. The molecule has 3 rings (SSSR count). The summed E-state index contributed by atoms with van der Waals surface area (Å²) in [7, 11) is -2.28. The van der Waals surface area contributed by atoms with Crippen LogP contribution in [0.15, 0.2) is 41.6 Å². The maximum Gasteiger partial charge on any atom is 0.281 e. The molecule has 0 saturated carbocycles. The summed E-state index contributed by atoms with van der Waals surface area (Å²) in [5.74, 6) is 1.26. The van der Waals surface area contributed by atoms with Gasteiger partial charge in [0.2, 0.25) is 0 Å². The zero-order chi connectivity index (χ0) is 24.4. The van der Waals surface area contributed by atoms with Gasteiger partial charge in [-0.05, 0) is 62.8 Å². The van der Waals surface area contributed by atoms with Gasteiger partial charge in [-0.3, -0.25) is 4.79 Å². The fraction of sp³-hybridized carbons (Fsp3) is 0.542. The molecule has 1 aliphatic heterocycles. The van der Waals surface area contributed by atoms with Crippen LogP contribution in [0.5, 0.6) is 0 Å². The molecule has 0 bridgehead atoms. The van der Waals surface area contributed by atoms with E-state index in [1.165, 1.54) is 6.07 Å². The van der Waals surface area contributed by atoms with Gasteiger partial charge >= 0.3 is 0 Å². The van der Waals surface area contributed by atoms with Crippen LogP contribution in [-0.4, -0.2) is 50.0 Å². The number of nitrogens with one attached hydrogen (secondary N) is 1. The predicted molar refractivity (Wildman–Crippen MR) is 131 cm³/mol. The van der Waals surface area contributed by atoms with Gasteiger partial charge in [0.05, 0.1) is 5.56 Å². The van der Waals surface area contributed by atoms with Crippen LogP contribution >= 0.6 is 0 Å². The Morgan fingerprint density at radius 3 is 2.64 bits per heavy atom. The second-order valence-electron chi connectivity index (χ2n) is 9.74. The molecule has 0 aromatic carbocycles. The van der Waals surface area contributed by atoms with Gasteiger partial charge in [0.15, 0.2) is 5.03 Å². The van der Waals surface area contributed by atoms with Crippen LogP contribution in [0.2, 0.25) is 0 Å². The van der Waals surface area contributed by atoms with E-state index >= 15 is 0 Å². The van der Waals surface area contributed by atoms with Crippen molar-refractivity contribution in [1.29, 1.82) is 0 Å². The van der Waals surface area contributed by atoms with Gasteiger partial charge in [-0.1, -0.05) is 26.8 Å². The lowest BCUT2D eigenvalue weighted by atomic mass is 9.90. The van der Waals surface area contributed by atoms with Crippen molar-refractivity contribution in [2.45, 2.75) is 58.0 Å².